The molecule has 1 saturated carbocycles. The van der Waals surface area contributed by atoms with E-state index in [-0.39, 0.29) is 11.5 Å². The smallest absolute Gasteiger partial charge is 0.156 e. The molecule has 104 valence electrons. The van der Waals surface area contributed by atoms with E-state index in [4.69, 9.17) is 4.74 Å². The third kappa shape index (κ3) is 2.48. The zero-order chi connectivity index (χ0) is 13.0. The van der Waals surface area contributed by atoms with Crippen molar-refractivity contribution in [2.75, 3.05) is 26.3 Å². The van der Waals surface area contributed by atoms with Gasteiger partial charge < -0.3 is 4.74 Å². The standard InChI is InChI=1S/C15H27NO2/c1-3-13(4-2)14(17)15(7-5-6-8-15)16-9-11-18-12-10-16/h13H,3-12H2,1-2H3. The van der Waals surface area contributed by atoms with Gasteiger partial charge in [-0.3, -0.25) is 9.69 Å². The number of Topliss-reactive ketones (excluding diaryl/α,β-unsaturated/α-hetero) is 1. The van der Waals surface area contributed by atoms with Crippen LogP contribution in [0.25, 0.3) is 0 Å². The van der Waals surface area contributed by atoms with E-state index in [9.17, 15) is 4.79 Å². The molecule has 18 heavy (non-hydrogen) atoms. The maximum absolute atomic E-state index is 12.9. The second-order valence-electron chi connectivity index (χ2n) is 5.72. The Balaban J connectivity index is 2.17. The molecule has 1 saturated heterocycles. The molecule has 0 N–H and O–H groups in total. The minimum absolute atomic E-state index is 0.138. The molecule has 1 aliphatic carbocycles. The van der Waals surface area contributed by atoms with Crippen LogP contribution in [0, 0.1) is 5.92 Å². The molecule has 0 aromatic heterocycles. The summed E-state index contributed by atoms with van der Waals surface area (Å²) in [6.45, 7) is 7.75. The molecule has 3 heteroatoms. The molecular weight excluding hydrogens is 226 g/mol. The van der Waals surface area contributed by atoms with Gasteiger partial charge in [0.05, 0.1) is 18.8 Å². The van der Waals surface area contributed by atoms with Crippen LogP contribution in [0.15, 0.2) is 0 Å². The van der Waals surface area contributed by atoms with E-state index in [1.807, 2.05) is 0 Å². The normalized spacial score (nSPS) is 24.6. The molecule has 0 atom stereocenters. The fourth-order valence-corrected chi connectivity index (χ4v) is 3.71. The van der Waals surface area contributed by atoms with Crippen molar-refractivity contribution in [2.45, 2.75) is 57.9 Å². The van der Waals surface area contributed by atoms with Crippen molar-refractivity contribution in [1.82, 2.24) is 4.90 Å². The predicted molar refractivity (Wildman–Crippen MR) is 72.7 cm³/mol. The Morgan fingerprint density at radius 2 is 1.72 bits per heavy atom. The summed E-state index contributed by atoms with van der Waals surface area (Å²) in [5, 5.41) is 0. The lowest BCUT2D eigenvalue weighted by Gasteiger charge is -2.43. The van der Waals surface area contributed by atoms with Crippen LogP contribution in [0.1, 0.15) is 52.4 Å². The molecule has 1 heterocycles. The largest absolute Gasteiger partial charge is 0.379 e. The average Bonchev–Trinajstić information content (AvgIpc) is 2.91. The van der Waals surface area contributed by atoms with E-state index >= 15 is 0 Å². The van der Waals surface area contributed by atoms with E-state index in [2.05, 4.69) is 18.7 Å². The summed E-state index contributed by atoms with van der Waals surface area (Å²) in [6, 6.07) is 0. The van der Waals surface area contributed by atoms with Gasteiger partial charge in [-0.05, 0) is 25.7 Å². The maximum atomic E-state index is 12.9. The number of nitrogens with zero attached hydrogens (tertiary/aromatic N) is 1. The number of ketones is 1. The first-order chi connectivity index (χ1) is 8.74. The highest BCUT2D eigenvalue weighted by atomic mass is 16.5. The minimum Gasteiger partial charge on any atom is -0.379 e. The summed E-state index contributed by atoms with van der Waals surface area (Å²) in [5.74, 6) is 0.776. The van der Waals surface area contributed by atoms with E-state index in [1.54, 1.807) is 0 Å². The van der Waals surface area contributed by atoms with Gasteiger partial charge in [-0.1, -0.05) is 26.7 Å². The van der Waals surface area contributed by atoms with Crippen LogP contribution in [0.3, 0.4) is 0 Å². The highest BCUT2D eigenvalue weighted by Gasteiger charge is 2.47. The van der Waals surface area contributed by atoms with Crippen molar-refractivity contribution in [3.8, 4) is 0 Å². The molecule has 0 aromatic carbocycles. The van der Waals surface area contributed by atoms with Gasteiger partial charge in [-0.15, -0.1) is 0 Å². The molecule has 0 unspecified atom stereocenters. The molecular formula is C15H27NO2. The number of carbonyl (C=O) groups is 1. The van der Waals surface area contributed by atoms with Crippen molar-refractivity contribution in [3.63, 3.8) is 0 Å². The number of morpholine rings is 1. The maximum Gasteiger partial charge on any atom is 0.156 e. The van der Waals surface area contributed by atoms with Gasteiger partial charge in [0.25, 0.3) is 0 Å². The Labute approximate surface area is 111 Å². The average molecular weight is 253 g/mol. The van der Waals surface area contributed by atoms with Crippen molar-refractivity contribution in [2.24, 2.45) is 5.92 Å². The predicted octanol–water partition coefficient (Wildman–Crippen LogP) is 2.64. The molecule has 0 spiro atoms. The van der Waals surface area contributed by atoms with Crippen LogP contribution in [0.2, 0.25) is 0 Å². The highest BCUT2D eigenvalue weighted by molar-refractivity contribution is 5.90. The van der Waals surface area contributed by atoms with Gasteiger partial charge >= 0.3 is 0 Å². The topological polar surface area (TPSA) is 29.5 Å². The van der Waals surface area contributed by atoms with Crippen LogP contribution in [-0.4, -0.2) is 42.5 Å². The van der Waals surface area contributed by atoms with Crippen molar-refractivity contribution < 1.29 is 9.53 Å². The van der Waals surface area contributed by atoms with Crippen molar-refractivity contribution in [3.05, 3.63) is 0 Å². The molecule has 3 nitrogen and oxygen atoms in total. The second kappa shape index (κ2) is 6.16. The van der Waals surface area contributed by atoms with Gasteiger partial charge in [-0.2, -0.15) is 0 Å². The Morgan fingerprint density at radius 3 is 2.22 bits per heavy atom. The van der Waals surface area contributed by atoms with Crippen LogP contribution >= 0.6 is 0 Å². The first kappa shape index (κ1) is 14.0. The number of ether oxygens (including phenoxy) is 1. The molecule has 0 radical (unpaired) electrons. The van der Waals surface area contributed by atoms with Gasteiger partial charge in [0.15, 0.2) is 5.78 Å². The quantitative estimate of drug-likeness (QED) is 0.754. The number of hydrogen-bond donors (Lipinski definition) is 0. The van der Waals surface area contributed by atoms with Crippen molar-refractivity contribution in [1.29, 1.82) is 0 Å². The van der Waals surface area contributed by atoms with Crippen LogP contribution in [-0.2, 0) is 9.53 Å². The lowest BCUT2D eigenvalue weighted by atomic mass is 9.80. The third-order valence-electron chi connectivity index (χ3n) is 4.86. The van der Waals surface area contributed by atoms with Crippen LogP contribution in [0.5, 0.6) is 0 Å². The Kier molecular flexibility index (Phi) is 4.79. The number of carbonyl (C=O) groups excluding carboxylic acids is 1. The van der Waals surface area contributed by atoms with Gasteiger partial charge in [0.1, 0.15) is 0 Å². The zero-order valence-corrected chi connectivity index (χ0v) is 11.9. The monoisotopic (exact) mass is 253 g/mol. The second-order valence-corrected chi connectivity index (χ2v) is 5.72. The number of rotatable bonds is 5. The molecule has 0 aromatic rings. The molecule has 2 rings (SSSR count). The van der Waals surface area contributed by atoms with Crippen LogP contribution in [0.4, 0.5) is 0 Å². The summed E-state index contributed by atoms with van der Waals surface area (Å²) >= 11 is 0. The molecule has 0 amide bonds. The lowest BCUT2D eigenvalue weighted by molar-refractivity contribution is -0.139. The summed E-state index contributed by atoms with van der Waals surface area (Å²) < 4.78 is 5.44. The van der Waals surface area contributed by atoms with E-state index in [0.717, 1.165) is 52.0 Å². The Bertz CT molecular complexity index is 274. The summed E-state index contributed by atoms with van der Waals surface area (Å²) in [4.78, 5) is 15.4. The van der Waals surface area contributed by atoms with E-state index < -0.39 is 0 Å². The molecule has 2 fully saturated rings. The Morgan fingerprint density at radius 1 is 1.17 bits per heavy atom. The molecule has 0 bridgehead atoms. The summed E-state index contributed by atoms with van der Waals surface area (Å²) in [6.07, 6.45) is 6.54. The van der Waals surface area contributed by atoms with Gasteiger partial charge in [0, 0.05) is 19.0 Å². The number of hydrogen-bond acceptors (Lipinski definition) is 3. The summed E-state index contributed by atoms with van der Waals surface area (Å²) in [7, 11) is 0. The molecule has 1 aliphatic heterocycles. The first-order valence-corrected chi connectivity index (χ1v) is 7.61. The fourth-order valence-electron chi connectivity index (χ4n) is 3.71. The highest BCUT2D eigenvalue weighted by Crippen LogP contribution is 2.39. The van der Waals surface area contributed by atoms with E-state index in [1.165, 1.54) is 12.8 Å². The van der Waals surface area contributed by atoms with E-state index in [0.29, 0.717) is 5.78 Å². The molecule has 2 aliphatic rings. The van der Waals surface area contributed by atoms with Gasteiger partial charge in [-0.25, -0.2) is 0 Å². The first-order valence-electron chi connectivity index (χ1n) is 7.61. The van der Waals surface area contributed by atoms with Crippen molar-refractivity contribution >= 4 is 5.78 Å². The SMILES string of the molecule is CCC(CC)C(=O)C1(N2CCOCC2)CCCC1. The fraction of sp³-hybridized carbons (Fsp3) is 0.933. The minimum atomic E-state index is -0.138. The lowest BCUT2D eigenvalue weighted by Crippen LogP contribution is -2.58. The zero-order valence-electron chi connectivity index (χ0n) is 11.9. The van der Waals surface area contributed by atoms with Gasteiger partial charge in [0.2, 0.25) is 0 Å². The third-order valence-corrected chi connectivity index (χ3v) is 4.86. The Hall–Kier alpha value is -0.410. The van der Waals surface area contributed by atoms with Crippen LogP contribution < -0.4 is 0 Å². The summed E-state index contributed by atoms with van der Waals surface area (Å²) in [5.41, 5.74) is -0.138.